The van der Waals surface area contributed by atoms with Crippen molar-refractivity contribution in [1.82, 2.24) is 4.57 Å². The second kappa shape index (κ2) is 8.06. The number of thiophene rings is 1. The summed E-state index contributed by atoms with van der Waals surface area (Å²) in [4.78, 5) is 39.1. The van der Waals surface area contributed by atoms with Crippen molar-refractivity contribution in [2.24, 2.45) is 4.99 Å². The Kier molecular flexibility index (Phi) is 5.57. The summed E-state index contributed by atoms with van der Waals surface area (Å²) in [6.45, 7) is -0.0620. The Bertz CT molecular complexity index is 1120. The van der Waals surface area contributed by atoms with E-state index >= 15 is 0 Å². The molecule has 0 saturated heterocycles. The SMILES string of the molecule is COC(=O)Cn1c(=NC(=O)/C=C\c2ccc([N+](=O)[O-])s2)sc2ccccc21. The summed E-state index contributed by atoms with van der Waals surface area (Å²) in [5.41, 5.74) is 0.775. The van der Waals surface area contributed by atoms with Crippen molar-refractivity contribution in [3.8, 4) is 0 Å². The zero-order valence-corrected chi connectivity index (χ0v) is 15.7. The lowest BCUT2D eigenvalue weighted by atomic mass is 10.3. The van der Waals surface area contributed by atoms with Gasteiger partial charge >= 0.3 is 11.0 Å². The van der Waals surface area contributed by atoms with Crippen LogP contribution in [0.15, 0.2) is 47.5 Å². The number of fused-ring (bicyclic) bond motifs is 1. The molecule has 0 aliphatic heterocycles. The first-order valence-electron chi connectivity index (χ1n) is 7.64. The molecule has 0 unspecified atom stereocenters. The third kappa shape index (κ3) is 4.36. The Morgan fingerprint density at radius 1 is 1.26 bits per heavy atom. The van der Waals surface area contributed by atoms with Gasteiger partial charge in [-0.3, -0.25) is 19.7 Å². The number of aromatic nitrogens is 1. The number of esters is 1. The average Bonchev–Trinajstić information content (AvgIpc) is 3.25. The van der Waals surface area contributed by atoms with Gasteiger partial charge in [0, 0.05) is 17.0 Å². The van der Waals surface area contributed by atoms with Crippen molar-refractivity contribution in [3.63, 3.8) is 0 Å². The molecule has 0 spiro atoms. The Labute approximate surface area is 160 Å². The molecule has 0 aliphatic carbocycles. The first kappa shape index (κ1) is 18.7. The molecule has 1 amide bonds. The molecular formula is C17H13N3O5S2. The van der Waals surface area contributed by atoms with E-state index in [1.165, 1.54) is 36.7 Å². The highest BCUT2D eigenvalue weighted by Crippen LogP contribution is 2.24. The quantitative estimate of drug-likeness (QED) is 0.282. The number of carbonyl (C=O) groups is 2. The molecule has 0 atom stereocenters. The molecule has 0 radical (unpaired) electrons. The number of benzene rings is 1. The second-order valence-corrected chi connectivity index (χ2v) is 7.33. The molecule has 0 aliphatic rings. The van der Waals surface area contributed by atoms with E-state index in [-0.39, 0.29) is 11.5 Å². The van der Waals surface area contributed by atoms with Crippen LogP contribution in [0.1, 0.15) is 4.88 Å². The van der Waals surface area contributed by atoms with E-state index in [4.69, 9.17) is 4.74 Å². The van der Waals surface area contributed by atoms with Crippen LogP contribution >= 0.6 is 22.7 Å². The summed E-state index contributed by atoms with van der Waals surface area (Å²) in [5.74, 6) is -0.981. The lowest BCUT2D eigenvalue weighted by molar-refractivity contribution is -0.380. The van der Waals surface area contributed by atoms with Gasteiger partial charge in [-0.1, -0.05) is 34.8 Å². The number of methoxy groups -OCH3 is 1. The largest absolute Gasteiger partial charge is 0.468 e. The first-order valence-corrected chi connectivity index (χ1v) is 9.27. The monoisotopic (exact) mass is 403 g/mol. The molecule has 138 valence electrons. The van der Waals surface area contributed by atoms with Crippen molar-refractivity contribution >= 4 is 55.8 Å². The molecule has 0 fully saturated rings. The maximum atomic E-state index is 12.2. The van der Waals surface area contributed by atoms with E-state index in [9.17, 15) is 19.7 Å². The normalized spacial score (nSPS) is 12.0. The van der Waals surface area contributed by atoms with Crippen LogP contribution in [0.2, 0.25) is 0 Å². The summed E-state index contributed by atoms with van der Waals surface area (Å²) in [6.07, 6.45) is 2.71. The highest BCUT2D eigenvalue weighted by molar-refractivity contribution is 7.16. The van der Waals surface area contributed by atoms with E-state index in [1.54, 1.807) is 10.6 Å². The van der Waals surface area contributed by atoms with Crippen molar-refractivity contribution in [3.05, 3.63) is 62.3 Å². The number of para-hydroxylation sites is 1. The van der Waals surface area contributed by atoms with Crippen LogP contribution in [-0.2, 0) is 20.9 Å². The Morgan fingerprint density at radius 3 is 2.74 bits per heavy atom. The van der Waals surface area contributed by atoms with Crippen molar-refractivity contribution < 1.29 is 19.2 Å². The van der Waals surface area contributed by atoms with E-state index in [0.29, 0.717) is 9.68 Å². The molecule has 0 bridgehead atoms. The van der Waals surface area contributed by atoms with Gasteiger partial charge in [0.1, 0.15) is 6.54 Å². The zero-order chi connectivity index (χ0) is 19.4. The molecule has 27 heavy (non-hydrogen) atoms. The topological polar surface area (TPSA) is 104 Å². The maximum Gasteiger partial charge on any atom is 0.325 e. The maximum absolute atomic E-state index is 12.2. The van der Waals surface area contributed by atoms with Gasteiger partial charge in [0.25, 0.3) is 5.91 Å². The minimum absolute atomic E-state index is 0.000496. The van der Waals surface area contributed by atoms with E-state index < -0.39 is 16.8 Å². The van der Waals surface area contributed by atoms with Crippen molar-refractivity contribution in [1.29, 1.82) is 0 Å². The standard InChI is InChI=1S/C17H13N3O5S2/c1-25-16(22)10-19-12-4-2-3-5-13(12)27-17(19)18-14(21)8-6-11-7-9-15(26-11)20(23)24/h2-9H,10H2,1H3/b8-6-,18-17?. The fourth-order valence-corrected chi connectivity index (χ4v) is 4.03. The predicted molar refractivity (Wildman–Crippen MR) is 102 cm³/mol. The number of carbonyl (C=O) groups excluding carboxylic acids is 2. The van der Waals surface area contributed by atoms with Gasteiger partial charge in [0.15, 0.2) is 4.80 Å². The molecule has 3 aromatic rings. The predicted octanol–water partition coefficient (Wildman–Crippen LogP) is 2.99. The van der Waals surface area contributed by atoms with Gasteiger partial charge in [0.05, 0.1) is 22.2 Å². The van der Waals surface area contributed by atoms with Gasteiger partial charge in [0.2, 0.25) is 0 Å². The van der Waals surface area contributed by atoms with Gasteiger partial charge in [-0.25, -0.2) is 0 Å². The molecule has 8 nitrogen and oxygen atoms in total. The summed E-state index contributed by atoms with van der Waals surface area (Å²) in [7, 11) is 1.29. The fraction of sp³-hybridized carbons (Fsp3) is 0.118. The van der Waals surface area contributed by atoms with Gasteiger partial charge in [-0.15, -0.1) is 0 Å². The van der Waals surface area contributed by atoms with Crippen molar-refractivity contribution in [2.45, 2.75) is 6.54 Å². The first-order chi connectivity index (χ1) is 13.0. The Hall–Kier alpha value is -3.11. The molecule has 2 heterocycles. The molecule has 10 heteroatoms. The van der Waals surface area contributed by atoms with Crippen LogP contribution in [0.5, 0.6) is 0 Å². The van der Waals surface area contributed by atoms with Crippen LogP contribution in [0.4, 0.5) is 5.00 Å². The molecule has 3 rings (SSSR count). The lowest BCUT2D eigenvalue weighted by Gasteiger charge is -2.02. The van der Waals surface area contributed by atoms with Crippen molar-refractivity contribution in [2.75, 3.05) is 7.11 Å². The van der Waals surface area contributed by atoms with Crippen LogP contribution in [0.3, 0.4) is 0 Å². The average molecular weight is 403 g/mol. The lowest BCUT2D eigenvalue weighted by Crippen LogP contribution is -2.22. The summed E-state index contributed by atoms with van der Waals surface area (Å²) >= 11 is 2.25. The van der Waals surface area contributed by atoms with E-state index in [0.717, 1.165) is 21.6 Å². The van der Waals surface area contributed by atoms with Gasteiger partial charge in [-0.05, 0) is 24.3 Å². The van der Waals surface area contributed by atoms with E-state index in [2.05, 4.69) is 4.99 Å². The number of nitro groups is 1. The molecule has 1 aromatic carbocycles. The summed E-state index contributed by atoms with van der Waals surface area (Å²) in [6, 6.07) is 10.3. The minimum Gasteiger partial charge on any atom is -0.468 e. The number of thiazole rings is 1. The van der Waals surface area contributed by atoms with Crippen LogP contribution in [0.25, 0.3) is 16.3 Å². The van der Waals surface area contributed by atoms with Gasteiger partial charge in [-0.2, -0.15) is 4.99 Å². The third-order valence-electron chi connectivity index (χ3n) is 3.49. The smallest absolute Gasteiger partial charge is 0.325 e. The third-order valence-corrected chi connectivity index (χ3v) is 5.55. The number of nitrogens with zero attached hydrogens (tertiary/aromatic N) is 3. The van der Waals surface area contributed by atoms with Crippen LogP contribution in [-0.4, -0.2) is 28.5 Å². The zero-order valence-electron chi connectivity index (χ0n) is 14.0. The highest BCUT2D eigenvalue weighted by atomic mass is 32.1. The minimum atomic E-state index is -0.531. The molecule has 0 saturated carbocycles. The Balaban J connectivity index is 1.92. The molecule has 2 aromatic heterocycles. The second-order valence-electron chi connectivity index (χ2n) is 5.23. The molecular weight excluding hydrogens is 390 g/mol. The van der Waals surface area contributed by atoms with Crippen LogP contribution < -0.4 is 4.80 Å². The number of amides is 1. The number of hydrogen-bond donors (Lipinski definition) is 0. The summed E-state index contributed by atoms with van der Waals surface area (Å²) < 4.78 is 7.21. The van der Waals surface area contributed by atoms with Crippen LogP contribution in [0, 0.1) is 10.1 Å². The highest BCUT2D eigenvalue weighted by Gasteiger charge is 2.11. The molecule has 0 N–H and O–H groups in total. The van der Waals surface area contributed by atoms with E-state index in [1.807, 2.05) is 24.3 Å². The number of ether oxygens (including phenoxy) is 1. The van der Waals surface area contributed by atoms with Gasteiger partial charge < -0.3 is 9.30 Å². The number of rotatable bonds is 5. The fourth-order valence-electron chi connectivity index (χ4n) is 2.27. The Morgan fingerprint density at radius 2 is 2.04 bits per heavy atom. The summed E-state index contributed by atoms with van der Waals surface area (Å²) in [5, 5.41) is 10.7. The number of hydrogen-bond acceptors (Lipinski definition) is 7.